The number of nitrogens with two attached hydrogens (primary N) is 1. The summed E-state index contributed by atoms with van der Waals surface area (Å²) in [5.41, 5.74) is 6.41. The molecular formula is C9H12BrNO. The lowest BCUT2D eigenvalue weighted by molar-refractivity contribution is 0.172. The summed E-state index contributed by atoms with van der Waals surface area (Å²) in [7, 11) is 0. The Morgan fingerprint density at radius 1 is 1.42 bits per heavy atom. The Kier molecular flexibility index (Phi) is 3.72. The van der Waals surface area contributed by atoms with Gasteiger partial charge in [-0.15, -0.1) is 0 Å². The van der Waals surface area contributed by atoms with E-state index in [0.717, 1.165) is 10.9 Å². The van der Waals surface area contributed by atoms with Gasteiger partial charge in [0.2, 0.25) is 0 Å². The van der Waals surface area contributed by atoms with Crippen molar-refractivity contribution in [1.82, 2.24) is 0 Å². The van der Waals surface area contributed by atoms with E-state index in [0.29, 0.717) is 6.42 Å². The third kappa shape index (κ3) is 2.93. The van der Waals surface area contributed by atoms with E-state index in [1.807, 2.05) is 24.3 Å². The molecule has 1 rings (SSSR count). The van der Waals surface area contributed by atoms with Crippen LogP contribution < -0.4 is 5.73 Å². The molecule has 0 aliphatic carbocycles. The van der Waals surface area contributed by atoms with Crippen molar-refractivity contribution < 1.29 is 5.11 Å². The van der Waals surface area contributed by atoms with Crippen LogP contribution in [0.25, 0.3) is 0 Å². The predicted octanol–water partition coefficient (Wildman–Crippen LogP) is 1.66. The van der Waals surface area contributed by atoms with E-state index >= 15 is 0 Å². The van der Waals surface area contributed by atoms with Crippen LogP contribution in [0, 0.1) is 0 Å². The first-order chi connectivity index (χ1) is 5.70. The minimum atomic E-state index is -0.711. The summed E-state index contributed by atoms with van der Waals surface area (Å²) in [5.74, 6) is 0. The number of aliphatic hydroxyl groups excluding tert-OH is 1. The second kappa shape index (κ2) is 4.60. The molecule has 0 fully saturated rings. The fraction of sp³-hybridized carbons (Fsp3) is 0.333. The van der Waals surface area contributed by atoms with Crippen LogP contribution in [0.15, 0.2) is 28.7 Å². The van der Waals surface area contributed by atoms with Crippen LogP contribution in [-0.4, -0.2) is 11.3 Å². The molecular weight excluding hydrogens is 218 g/mol. The average molecular weight is 230 g/mol. The Balaban J connectivity index is 2.57. The first-order valence-corrected chi connectivity index (χ1v) is 4.66. The highest BCUT2D eigenvalue weighted by Crippen LogP contribution is 2.17. The number of rotatable bonds is 3. The van der Waals surface area contributed by atoms with Gasteiger partial charge in [-0.2, -0.15) is 0 Å². The van der Waals surface area contributed by atoms with Crippen LogP contribution in [0.4, 0.5) is 0 Å². The minimum absolute atomic E-state index is 0.600. The topological polar surface area (TPSA) is 46.2 Å². The zero-order valence-corrected chi connectivity index (χ0v) is 8.29. The van der Waals surface area contributed by atoms with Crippen molar-refractivity contribution in [3.8, 4) is 0 Å². The van der Waals surface area contributed by atoms with Crippen LogP contribution in [0.5, 0.6) is 0 Å². The maximum atomic E-state index is 8.87. The van der Waals surface area contributed by atoms with Gasteiger partial charge in [-0.1, -0.05) is 34.1 Å². The van der Waals surface area contributed by atoms with Crippen molar-refractivity contribution in [2.75, 3.05) is 0 Å². The van der Waals surface area contributed by atoms with Crippen molar-refractivity contribution in [1.29, 1.82) is 0 Å². The summed E-state index contributed by atoms with van der Waals surface area (Å²) >= 11 is 3.42. The smallest absolute Gasteiger partial charge is 0.102 e. The molecule has 0 aliphatic rings. The molecule has 1 aromatic carbocycles. The summed E-state index contributed by atoms with van der Waals surface area (Å²) in [6.45, 7) is 0. The van der Waals surface area contributed by atoms with E-state index in [1.54, 1.807) is 0 Å². The van der Waals surface area contributed by atoms with Gasteiger partial charge in [-0.3, -0.25) is 0 Å². The largest absolute Gasteiger partial charge is 0.379 e. The van der Waals surface area contributed by atoms with Gasteiger partial charge in [0.15, 0.2) is 0 Å². The SMILES string of the molecule is NC(O)CCc1ccccc1Br. The molecule has 0 radical (unpaired) electrons. The van der Waals surface area contributed by atoms with Crippen LogP contribution in [0.2, 0.25) is 0 Å². The quantitative estimate of drug-likeness (QED) is 0.775. The van der Waals surface area contributed by atoms with E-state index < -0.39 is 6.23 Å². The maximum absolute atomic E-state index is 8.87. The molecule has 0 spiro atoms. The standard InChI is InChI=1S/C9H12BrNO/c10-8-4-2-1-3-7(8)5-6-9(11)12/h1-4,9,12H,5-6,11H2. The normalized spacial score (nSPS) is 12.9. The van der Waals surface area contributed by atoms with Crippen LogP contribution in [0.3, 0.4) is 0 Å². The highest BCUT2D eigenvalue weighted by molar-refractivity contribution is 9.10. The zero-order chi connectivity index (χ0) is 8.97. The van der Waals surface area contributed by atoms with Crippen molar-refractivity contribution >= 4 is 15.9 Å². The molecule has 0 saturated carbocycles. The average Bonchev–Trinajstić information content (AvgIpc) is 2.03. The van der Waals surface area contributed by atoms with Gasteiger partial charge < -0.3 is 10.8 Å². The number of aryl methyl sites for hydroxylation is 1. The van der Waals surface area contributed by atoms with Crippen LogP contribution >= 0.6 is 15.9 Å². The van der Waals surface area contributed by atoms with Crippen molar-refractivity contribution in [2.24, 2.45) is 5.73 Å². The molecule has 1 aromatic rings. The third-order valence-electron chi connectivity index (χ3n) is 1.67. The third-order valence-corrected chi connectivity index (χ3v) is 2.44. The molecule has 0 heterocycles. The molecule has 1 unspecified atom stereocenters. The predicted molar refractivity (Wildman–Crippen MR) is 52.7 cm³/mol. The minimum Gasteiger partial charge on any atom is -0.379 e. The summed E-state index contributed by atoms with van der Waals surface area (Å²) in [6.07, 6.45) is 0.693. The maximum Gasteiger partial charge on any atom is 0.102 e. The Hall–Kier alpha value is -0.380. The number of halogens is 1. The first kappa shape index (κ1) is 9.71. The number of hydrogen-bond acceptors (Lipinski definition) is 2. The molecule has 0 aliphatic heterocycles. The van der Waals surface area contributed by atoms with E-state index in [-0.39, 0.29) is 0 Å². The number of aliphatic hydroxyl groups is 1. The fourth-order valence-electron chi connectivity index (χ4n) is 1.00. The van der Waals surface area contributed by atoms with Gasteiger partial charge in [-0.25, -0.2) is 0 Å². The molecule has 3 N–H and O–H groups in total. The molecule has 0 amide bonds. The molecule has 0 saturated heterocycles. The van der Waals surface area contributed by atoms with Crippen molar-refractivity contribution in [3.05, 3.63) is 34.3 Å². The Morgan fingerprint density at radius 3 is 2.67 bits per heavy atom. The second-order valence-corrected chi connectivity index (χ2v) is 3.55. The molecule has 1 atom stereocenters. The van der Waals surface area contributed by atoms with Gasteiger partial charge in [-0.05, 0) is 24.5 Å². The molecule has 2 nitrogen and oxygen atoms in total. The van der Waals surface area contributed by atoms with Gasteiger partial charge in [0, 0.05) is 4.47 Å². The number of benzene rings is 1. The fourth-order valence-corrected chi connectivity index (χ4v) is 1.49. The highest BCUT2D eigenvalue weighted by atomic mass is 79.9. The van der Waals surface area contributed by atoms with Crippen LogP contribution in [0.1, 0.15) is 12.0 Å². The van der Waals surface area contributed by atoms with E-state index in [9.17, 15) is 0 Å². The summed E-state index contributed by atoms with van der Waals surface area (Å²) in [5, 5.41) is 8.87. The lowest BCUT2D eigenvalue weighted by Gasteiger charge is -2.05. The van der Waals surface area contributed by atoms with Crippen molar-refractivity contribution in [3.63, 3.8) is 0 Å². The van der Waals surface area contributed by atoms with E-state index in [1.165, 1.54) is 5.56 Å². The van der Waals surface area contributed by atoms with E-state index in [4.69, 9.17) is 10.8 Å². The summed E-state index contributed by atoms with van der Waals surface area (Å²) in [6, 6.07) is 7.94. The molecule has 0 aromatic heterocycles. The van der Waals surface area contributed by atoms with Crippen molar-refractivity contribution in [2.45, 2.75) is 19.1 Å². The molecule has 12 heavy (non-hydrogen) atoms. The summed E-state index contributed by atoms with van der Waals surface area (Å²) < 4.78 is 1.07. The molecule has 0 bridgehead atoms. The Bertz CT molecular complexity index is 250. The van der Waals surface area contributed by atoms with Crippen LogP contribution in [-0.2, 0) is 6.42 Å². The monoisotopic (exact) mass is 229 g/mol. The second-order valence-electron chi connectivity index (χ2n) is 2.70. The Labute approximate surface area is 80.5 Å². The lowest BCUT2D eigenvalue weighted by Crippen LogP contribution is -2.19. The number of hydrogen-bond donors (Lipinski definition) is 2. The zero-order valence-electron chi connectivity index (χ0n) is 6.70. The first-order valence-electron chi connectivity index (χ1n) is 3.87. The van der Waals surface area contributed by atoms with Gasteiger partial charge in [0.25, 0.3) is 0 Å². The highest BCUT2D eigenvalue weighted by Gasteiger charge is 2.00. The van der Waals surface area contributed by atoms with Gasteiger partial charge in [0.1, 0.15) is 6.23 Å². The molecule has 66 valence electrons. The summed E-state index contributed by atoms with van der Waals surface area (Å²) in [4.78, 5) is 0. The van der Waals surface area contributed by atoms with E-state index in [2.05, 4.69) is 15.9 Å². The molecule has 3 heteroatoms. The lowest BCUT2D eigenvalue weighted by atomic mass is 10.1. The van der Waals surface area contributed by atoms with Gasteiger partial charge >= 0.3 is 0 Å². The van der Waals surface area contributed by atoms with Gasteiger partial charge in [0.05, 0.1) is 0 Å². The Morgan fingerprint density at radius 2 is 2.08 bits per heavy atom.